The predicted octanol–water partition coefficient (Wildman–Crippen LogP) is 3.87. The molecule has 6 heteroatoms. The van der Waals surface area contributed by atoms with E-state index in [4.69, 9.17) is 0 Å². The smallest absolute Gasteiger partial charge is 0.243 e. The van der Waals surface area contributed by atoms with Gasteiger partial charge in [-0.05, 0) is 60.4 Å². The van der Waals surface area contributed by atoms with E-state index in [2.05, 4.69) is 11.1 Å². The molecular formula is C21H19FN2O2S. The Morgan fingerprint density at radius 1 is 1.11 bits per heavy atom. The van der Waals surface area contributed by atoms with Gasteiger partial charge in [0.2, 0.25) is 10.0 Å². The third-order valence-corrected chi connectivity index (χ3v) is 6.78. The van der Waals surface area contributed by atoms with Crippen LogP contribution < -0.4 is 0 Å². The Balaban J connectivity index is 1.86. The van der Waals surface area contributed by atoms with Gasteiger partial charge < -0.3 is 0 Å². The van der Waals surface area contributed by atoms with Crippen molar-refractivity contribution >= 4 is 10.0 Å². The summed E-state index contributed by atoms with van der Waals surface area (Å²) in [6, 6.07) is 14.3. The number of hydrogen-bond donors (Lipinski definition) is 0. The molecule has 0 N–H and O–H groups in total. The zero-order valence-electron chi connectivity index (χ0n) is 14.8. The second-order valence-corrected chi connectivity index (χ2v) is 8.60. The maximum atomic E-state index is 13.3. The van der Waals surface area contributed by atoms with E-state index in [0.29, 0.717) is 13.0 Å². The van der Waals surface area contributed by atoms with Crippen LogP contribution in [0.15, 0.2) is 71.9 Å². The monoisotopic (exact) mass is 382 g/mol. The van der Waals surface area contributed by atoms with Crippen molar-refractivity contribution < 1.29 is 12.8 Å². The minimum Gasteiger partial charge on any atom is -0.264 e. The van der Waals surface area contributed by atoms with Crippen LogP contribution in [0.4, 0.5) is 4.39 Å². The molecule has 0 saturated carbocycles. The molecule has 27 heavy (non-hydrogen) atoms. The van der Waals surface area contributed by atoms with E-state index in [1.54, 1.807) is 18.5 Å². The van der Waals surface area contributed by atoms with Crippen LogP contribution in [0.5, 0.6) is 0 Å². The van der Waals surface area contributed by atoms with Gasteiger partial charge in [0.25, 0.3) is 0 Å². The minimum atomic E-state index is -3.79. The summed E-state index contributed by atoms with van der Waals surface area (Å²) in [5, 5.41) is 0. The van der Waals surface area contributed by atoms with Crippen molar-refractivity contribution in [2.24, 2.45) is 0 Å². The predicted molar refractivity (Wildman–Crippen MR) is 101 cm³/mol. The second-order valence-electron chi connectivity index (χ2n) is 6.71. The van der Waals surface area contributed by atoms with Crippen molar-refractivity contribution in [3.8, 4) is 0 Å². The van der Waals surface area contributed by atoms with E-state index < -0.39 is 21.9 Å². The summed E-state index contributed by atoms with van der Waals surface area (Å²) in [6.45, 7) is 2.39. The molecule has 1 unspecified atom stereocenters. The molecule has 4 rings (SSSR count). The van der Waals surface area contributed by atoms with Crippen LogP contribution in [0.2, 0.25) is 0 Å². The maximum Gasteiger partial charge on any atom is 0.243 e. The molecule has 0 saturated heterocycles. The van der Waals surface area contributed by atoms with E-state index in [1.807, 2.05) is 25.1 Å². The van der Waals surface area contributed by atoms with Gasteiger partial charge in [0.1, 0.15) is 5.82 Å². The van der Waals surface area contributed by atoms with Crippen LogP contribution in [0.3, 0.4) is 0 Å². The average Bonchev–Trinajstić information content (AvgIpc) is 2.68. The van der Waals surface area contributed by atoms with Gasteiger partial charge in [-0.3, -0.25) is 4.98 Å². The standard InChI is InChI=1S/C21H19FN2O2S/c1-15-4-9-20-16(13-15)10-12-24(21(20)17-3-2-11-23-14-17)27(25,26)19-7-5-18(22)6-8-19/h2-9,11,13-14,21H,10,12H2,1H3. The Kier molecular flexibility index (Phi) is 4.53. The molecule has 0 fully saturated rings. The van der Waals surface area contributed by atoms with E-state index in [9.17, 15) is 12.8 Å². The highest BCUT2D eigenvalue weighted by atomic mass is 32.2. The summed E-state index contributed by atoms with van der Waals surface area (Å²) in [5.41, 5.74) is 4.07. The fourth-order valence-electron chi connectivity index (χ4n) is 3.62. The molecule has 1 aliphatic rings. The van der Waals surface area contributed by atoms with Crippen LogP contribution in [-0.4, -0.2) is 24.3 Å². The Morgan fingerprint density at radius 3 is 2.59 bits per heavy atom. The molecule has 1 aromatic heterocycles. The number of halogens is 1. The molecular weight excluding hydrogens is 363 g/mol. The maximum absolute atomic E-state index is 13.3. The van der Waals surface area contributed by atoms with Crippen LogP contribution in [0.1, 0.15) is 28.3 Å². The fraction of sp³-hybridized carbons (Fsp3) is 0.190. The SMILES string of the molecule is Cc1ccc2c(c1)CCN(S(=O)(=O)c1ccc(F)cc1)C2c1cccnc1. The number of nitrogens with zero attached hydrogens (tertiary/aromatic N) is 2. The number of hydrogen-bond acceptors (Lipinski definition) is 3. The van der Waals surface area contributed by atoms with E-state index in [1.165, 1.54) is 28.6 Å². The molecule has 0 radical (unpaired) electrons. The Hall–Kier alpha value is -2.57. The molecule has 0 spiro atoms. The number of aromatic nitrogens is 1. The third-order valence-electron chi connectivity index (χ3n) is 4.90. The summed E-state index contributed by atoms with van der Waals surface area (Å²) in [6.07, 6.45) is 4.00. The van der Waals surface area contributed by atoms with Gasteiger partial charge >= 0.3 is 0 Å². The first-order valence-electron chi connectivity index (χ1n) is 8.73. The molecule has 138 valence electrons. The summed E-state index contributed by atoms with van der Waals surface area (Å²) in [4.78, 5) is 4.27. The van der Waals surface area contributed by atoms with Crippen LogP contribution >= 0.6 is 0 Å². The molecule has 3 aromatic rings. The quantitative estimate of drug-likeness (QED) is 0.691. The largest absolute Gasteiger partial charge is 0.264 e. The van der Waals surface area contributed by atoms with Crippen molar-refractivity contribution in [1.82, 2.24) is 9.29 Å². The van der Waals surface area contributed by atoms with Gasteiger partial charge in [0, 0.05) is 18.9 Å². The van der Waals surface area contributed by atoms with Crippen molar-refractivity contribution in [1.29, 1.82) is 0 Å². The van der Waals surface area contributed by atoms with Crippen molar-refractivity contribution in [2.75, 3.05) is 6.54 Å². The summed E-state index contributed by atoms with van der Waals surface area (Å²) in [7, 11) is -3.79. The second kappa shape index (κ2) is 6.87. The molecule has 2 aromatic carbocycles. The van der Waals surface area contributed by atoms with Gasteiger partial charge in [-0.1, -0.05) is 29.8 Å². The van der Waals surface area contributed by atoms with Crippen molar-refractivity contribution in [3.63, 3.8) is 0 Å². The number of fused-ring (bicyclic) bond motifs is 1. The number of sulfonamides is 1. The van der Waals surface area contributed by atoms with E-state index in [0.717, 1.165) is 22.3 Å². The zero-order chi connectivity index (χ0) is 19.0. The van der Waals surface area contributed by atoms with Crippen molar-refractivity contribution in [2.45, 2.75) is 24.3 Å². The first-order chi connectivity index (χ1) is 13.0. The van der Waals surface area contributed by atoms with Gasteiger partial charge in [0.15, 0.2) is 0 Å². The lowest BCUT2D eigenvalue weighted by Crippen LogP contribution is -2.40. The summed E-state index contributed by atoms with van der Waals surface area (Å²) in [5.74, 6) is -0.461. The highest BCUT2D eigenvalue weighted by Crippen LogP contribution is 2.38. The molecule has 0 bridgehead atoms. The molecule has 0 amide bonds. The summed E-state index contributed by atoms with van der Waals surface area (Å²) >= 11 is 0. The number of pyridine rings is 1. The van der Waals surface area contributed by atoms with Crippen LogP contribution in [0.25, 0.3) is 0 Å². The topological polar surface area (TPSA) is 50.3 Å². The minimum absolute atomic E-state index is 0.0911. The van der Waals surface area contributed by atoms with Crippen LogP contribution in [-0.2, 0) is 16.4 Å². The third kappa shape index (κ3) is 3.26. The van der Waals surface area contributed by atoms with Gasteiger partial charge in [-0.2, -0.15) is 4.31 Å². The molecule has 2 heterocycles. The van der Waals surface area contributed by atoms with Crippen molar-refractivity contribution in [3.05, 3.63) is 95.1 Å². The molecule has 1 aliphatic heterocycles. The highest BCUT2D eigenvalue weighted by Gasteiger charge is 2.37. The number of benzene rings is 2. The first kappa shape index (κ1) is 17.8. The lowest BCUT2D eigenvalue weighted by atomic mass is 9.89. The Morgan fingerprint density at radius 2 is 1.89 bits per heavy atom. The highest BCUT2D eigenvalue weighted by molar-refractivity contribution is 7.89. The summed E-state index contributed by atoms with van der Waals surface area (Å²) < 4.78 is 41.5. The first-order valence-corrected chi connectivity index (χ1v) is 10.2. The average molecular weight is 382 g/mol. The Bertz CT molecular complexity index is 1070. The van der Waals surface area contributed by atoms with Crippen LogP contribution in [0, 0.1) is 12.7 Å². The van der Waals surface area contributed by atoms with Gasteiger partial charge in [-0.25, -0.2) is 12.8 Å². The van der Waals surface area contributed by atoms with Gasteiger partial charge in [-0.15, -0.1) is 0 Å². The van der Waals surface area contributed by atoms with E-state index >= 15 is 0 Å². The fourth-order valence-corrected chi connectivity index (χ4v) is 5.21. The molecule has 0 aliphatic carbocycles. The van der Waals surface area contributed by atoms with E-state index in [-0.39, 0.29) is 4.90 Å². The number of aryl methyl sites for hydroxylation is 1. The normalized spacial score (nSPS) is 17.5. The molecule has 1 atom stereocenters. The Labute approximate surface area is 158 Å². The lowest BCUT2D eigenvalue weighted by Gasteiger charge is -2.36. The van der Waals surface area contributed by atoms with Gasteiger partial charge in [0.05, 0.1) is 10.9 Å². The zero-order valence-corrected chi connectivity index (χ0v) is 15.7. The number of rotatable bonds is 3. The molecule has 4 nitrogen and oxygen atoms in total. The lowest BCUT2D eigenvalue weighted by molar-refractivity contribution is 0.343.